The van der Waals surface area contributed by atoms with Crippen molar-refractivity contribution in [3.8, 4) is 5.69 Å². The standard InChI is InChI=1S/C15H19N3/c1-16-9-7-12-3-2-4-14(11-12)18-15(8-10-17-18)13-5-6-13/h2-4,8,10-11,13,16H,5-7,9H2,1H3. The van der Waals surface area contributed by atoms with Crippen molar-refractivity contribution in [3.63, 3.8) is 0 Å². The first-order valence-corrected chi connectivity index (χ1v) is 6.66. The Bertz CT molecular complexity index is 526. The lowest BCUT2D eigenvalue weighted by Gasteiger charge is -2.08. The Morgan fingerprint density at radius 2 is 2.22 bits per heavy atom. The summed E-state index contributed by atoms with van der Waals surface area (Å²) in [7, 11) is 1.99. The Balaban J connectivity index is 1.88. The largest absolute Gasteiger partial charge is 0.319 e. The number of aromatic nitrogens is 2. The molecule has 0 unspecified atom stereocenters. The maximum absolute atomic E-state index is 4.47. The molecule has 2 aromatic rings. The molecule has 1 N–H and O–H groups in total. The van der Waals surface area contributed by atoms with Crippen LogP contribution < -0.4 is 5.32 Å². The summed E-state index contributed by atoms with van der Waals surface area (Å²) in [5, 5.41) is 7.66. The van der Waals surface area contributed by atoms with Crippen LogP contribution in [0.5, 0.6) is 0 Å². The molecule has 0 spiro atoms. The maximum atomic E-state index is 4.47. The highest BCUT2D eigenvalue weighted by atomic mass is 15.3. The first-order chi connectivity index (χ1) is 8.88. The van der Waals surface area contributed by atoms with Gasteiger partial charge in [0.25, 0.3) is 0 Å². The van der Waals surface area contributed by atoms with Gasteiger partial charge >= 0.3 is 0 Å². The number of hydrogen-bond acceptors (Lipinski definition) is 2. The van der Waals surface area contributed by atoms with E-state index in [2.05, 4.69) is 45.4 Å². The molecule has 0 amide bonds. The molecule has 3 rings (SSSR count). The molecule has 1 heterocycles. The third-order valence-corrected chi connectivity index (χ3v) is 3.49. The normalized spacial score (nSPS) is 14.9. The summed E-state index contributed by atoms with van der Waals surface area (Å²) in [6.07, 6.45) is 5.59. The van der Waals surface area contributed by atoms with Crippen LogP contribution in [0.1, 0.15) is 30.0 Å². The Kier molecular flexibility index (Phi) is 3.15. The minimum Gasteiger partial charge on any atom is -0.319 e. The summed E-state index contributed by atoms with van der Waals surface area (Å²) in [5.74, 6) is 0.730. The first kappa shape index (κ1) is 11.5. The van der Waals surface area contributed by atoms with E-state index in [9.17, 15) is 0 Å². The van der Waals surface area contributed by atoms with Crippen LogP contribution in [-0.4, -0.2) is 23.4 Å². The fourth-order valence-corrected chi connectivity index (χ4v) is 2.33. The number of hydrogen-bond donors (Lipinski definition) is 1. The van der Waals surface area contributed by atoms with Gasteiger partial charge in [-0.3, -0.25) is 0 Å². The van der Waals surface area contributed by atoms with Crippen molar-refractivity contribution in [1.29, 1.82) is 0 Å². The predicted molar refractivity (Wildman–Crippen MR) is 73.2 cm³/mol. The van der Waals surface area contributed by atoms with Crippen LogP contribution in [0.25, 0.3) is 5.69 Å². The molecule has 0 saturated heterocycles. The van der Waals surface area contributed by atoms with Crippen molar-refractivity contribution >= 4 is 0 Å². The number of likely N-dealkylation sites (N-methyl/N-ethyl adjacent to an activating group) is 1. The van der Waals surface area contributed by atoms with E-state index in [0.29, 0.717) is 0 Å². The van der Waals surface area contributed by atoms with E-state index >= 15 is 0 Å². The molecule has 1 aliphatic carbocycles. The Morgan fingerprint density at radius 3 is 3.00 bits per heavy atom. The molecule has 0 radical (unpaired) electrons. The van der Waals surface area contributed by atoms with Gasteiger partial charge in [-0.05, 0) is 56.6 Å². The maximum Gasteiger partial charge on any atom is 0.0651 e. The topological polar surface area (TPSA) is 29.9 Å². The van der Waals surface area contributed by atoms with Crippen molar-refractivity contribution in [1.82, 2.24) is 15.1 Å². The van der Waals surface area contributed by atoms with Gasteiger partial charge in [-0.25, -0.2) is 4.68 Å². The zero-order valence-electron chi connectivity index (χ0n) is 10.8. The Morgan fingerprint density at radius 1 is 1.33 bits per heavy atom. The van der Waals surface area contributed by atoms with Crippen molar-refractivity contribution < 1.29 is 0 Å². The highest BCUT2D eigenvalue weighted by Gasteiger charge is 2.27. The summed E-state index contributed by atoms with van der Waals surface area (Å²) in [6, 6.07) is 10.8. The van der Waals surface area contributed by atoms with Gasteiger partial charge in [0, 0.05) is 17.8 Å². The lowest BCUT2D eigenvalue weighted by atomic mass is 10.1. The van der Waals surface area contributed by atoms with Gasteiger partial charge in [-0.15, -0.1) is 0 Å². The van der Waals surface area contributed by atoms with E-state index in [4.69, 9.17) is 0 Å². The second-order valence-electron chi connectivity index (χ2n) is 4.97. The van der Waals surface area contributed by atoms with Crippen molar-refractivity contribution in [2.75, 3.05) is 13.6 Å². The van der Waals surface area contributed by atoms with E-state index in [1.165, 1.54) is 29.8 Å². The number of benzene rings is 1. The molecule has 1 aromatic carbocycles. The van der Waals surface area contributed by atoms with Crippen LogP contribution >= 0.6 is 0 Å². The summed E-state index contributed by atoms with van der Waals surface area (Å²) >= 11 is 0. The molecule has 3 nitrogen and oxygen atoms in total. The number of rotatable bonds is 5. The zero-order valence-corrected chi connectivity index (χ0v) is 10.8. The van der Waals surface area contributed by atoms with Crippen LogP contribution in [0.4, 0.5) is 0 Å². The summed E-state index contributed by atoms with van der Waals surface area (Å²) in [6.45, 7) is 1.01. The SMILES string of the molecule is CNCCc1cccc(-n2nccc2C2CC2)c1. The van der Waals surface area contributed by atoms with Crippen LogP contribution in [0.3, 0.4) is 0 Å². The molecular weight excluding hydrogens is 222 g/mol. The first-order valence-electron chi connectivity index (χ1n) is 6.66. The number of nitrogens with one attached hydrogen (secondary N) is 1. The van der Waals surface area contributed by atoms with E-state index in [1.807, 2.05) is 13.2 Å². The van der Waals surface area contributed by atoms with Gasteiger partial charge in [0.05, 0.1) is 5.69 Å². The second-order valence-corrected chi connectivity index (χ2v) is 4.97. The van der Waals surface area contributed by atoms with Crippen LogP contribution in [0.15, 0.2) is 36.5 Å². The molecule has 0 aliphatic heterocycles. The van der Waals surface area contributed by atoms with E-state index in [1.54, 1.807) is 0 Å². The fraction of sp³-hybridized carbons (Fsp3) is 0.400. The van der Waals surface area contributed by atoms with Crippen molar-refractivity contribution in [2.45, 2.75) is 25.2 Å². The average molecular weight is 241 g/mol. The molecule has 3 heteroatoms. The third-order valence-electron chi connectivity index (χ3n) is 3.49. The highest BCUT2D eigenvalue weighted by Crippen LogP contribution is 2.40. The Labute approximate surface area is 108 Å². The molecule has 0 atom stereocenters. The lowest BCUT2D eigenvalue weighted by Crippen LogP contribution is -2.10. The van der Waals surface area contributed by atoms with Crippen molar-refractivity contribution in [2.24, 2.45) is 0 Å². The van der Waals surface area contributed by atoms with Gasteiger partial charge in [-0.2, -0.15) is 5.10 Å². The van der Waals surface area contributed by atoms with E-state index in [0.717, 1.165) is 18.9 Å². The Hall–Kier alpha value is -1.61. The molecule has 1 aliphatic rings. The summed E-state index contributed by atoms with van der Waals surface area (Å²) < 4.78 is 2.10. The molecule has 1 aromatic heterocycles. The molecule has 1 saturated carbocycles. The average Bonchev–Trinajstić information content (AvgIpc) is 3.14. The molecular formula is C15H19N3. The fourth-order valence-electron chi connectivity index (χ4n) is 2.33. The molecule has 1 fully saturated rings. The monoisotopic (exact) mass is 241 g/mol. The minimum atomic E-state index is 0.730. The van der Waals surface area contributed by atoms with Gasteiger partial charge in [0.1, 0.15) is 0 Å². The van der Waals surface area contributed by atoms with Crippen molar-refractivity contribution in [3.05, 3.63) is 47.8 Å². The minimum absolute atomic E-state index is 0.730. The van der Waals surface area contributed by atoms with Crippen LogP contribution in [0.2, 0.25) is 0 Å². The van der Waals surface area contributed by atoms with Gasteiger partial charge < -0.3 is 5.32 Å². The molecule has 18 heavy (non-hydrogen) atoms. The predicted octanol–water partition coefficient (Wildman–Crippen LogP) is 2.51. The van der Waals surface area contributed by atoms with Crippen LogP contribution in [0, 0.1) is 0 Å². The van der Waals surface area contributed by atoms with Gasteiger partial charge in [0.2, 0.25) is 0 Å². The molecule has 0 bridgehead atoms. The quantitative estimate of drug-likeness (QED) is 0.871. The second kappa shape index (κ2) is 4.94. The van der Waals surface area contributed by atoms with E-state index in [-0.39, 0.29) is 0 Å². The highest BCUT2D eigenvalue weighted by molar-refractivity contribution is 5.38. The molecule has 94 valence electrons. The number of nitrogens with zero attached hydrogens (tertiary/aromatic N) is 2. The van der Waals surface area contributed by atoms with Gasteiger partial charge in [0.15, 0.2) is 0 Å². The lowest BCUT2D eigenvalue weighted by molar-refractivity contribution is 0.783. The van der Waals surface area contributed by atoms with Gasteiger partial charge in [-0.1, -0.05) is 12.1 Å². The third kappa shape index (κ3) is 2.31. The smallest absolute Gasteiger partial charge is 0.0651 e. The van der Waals surface area contributed by atoms with Crippen LogP contribution in [-0.2, 0) is 6.42 Å². The van der Waals surface area contributed by atoms with E-state index < -0.39 is 0 Å². The summed E-state index contributed by atoms with van der Waals surface area (Å²) in [4.78, 5) is 0. The zero-order chi connectivity index (χ0) is 12.4. The summed E-state index contributed by atoms with van der Waals surface area (Å²) in [5.41, 5.74) is 3.91.